The second-order valence-electron chi connectivity index (χ2n) is 5.97. The van der Waals surface area contributed by atoms with Crippen LogP contribution in [0.25, 0.3) is 10.2 Å². The van der Waals surface area contributed by atoms with Crippen LogP contribution in [0, 0.1) is 12.8 Å². The zero-order valence-corrected chi connectivity index (χ0v) is 14.7. The van der Waals surface area contributed by atoms with E-state index in [-0.39, 0.29) is 17.3 Å². The molecule has 6 nitrogen and oxygen atoms in total. The largest absolute Gasteiger partial charge is 0.461 e. The molecule has 0 amide bonds. The summed E-state index contributed by atoms with van der Waals surface area (Å²) in [7, 11) is 0. The highest BCUT2D eigenvalue weighted by molar-refractivity contribution is 7.20. The van der Waals surface area contributed by atoms with Crippen LogP contribution in [-0.4, -0.2) is 27.9 Å². The molecular formula is C16H20N2O4S. The van der Waals surface area contributed by atoms with Crippen molar-refractivity contribution in [3.05, 3.63) is 27.1 Å². The maximum atomic E-state index is 12.6. The Hall–Kier alpha value is -2.02. The van der Waals surface area contributed by atoms with Gasteiger partial charge in [0.05, 0.1) is 24.4 Å². The molecule has 0 aliphatic rings. The second-order valence-corrected chi connectivity index (χ2v) is 6.97. The molecule has 1 atom stereocenters. The van der Waals surface area contributed by atoms with Gasteiger partial charge in [-0.15, -0.1) is 11.3 Å². The first kappa shape index (κ1) is 17.3. The van der Waals surface area contributed by atoms with E-state index in [2.05, 4.69) is 4.98 Å². The minimum atomic E-state index is -0.588. The highest BCUT2D eigenvalue weighted by Crippen LogP contribution is 2.28. The quantitative estimate of drug-likeness (QED) is 0.785. The van der Waals surface area contributed by atoms with E-state index in [1.807, 2.05) is 13.8 Å². The van der Waals surface area contributed by atoms with Gasteiger partial charge in [-0.05, 0) is 32.3 Å². The molecule has 124 valence electrons. The molecule has 2 aromatic heterocycles. The lowest BCUT2D eigenvalue weighted by Gasteiger charge is -2.10. The molecule has 1 unspecified atom stereocenters. The van der Waals surface area contributed by atoms with Crippen LogP contribution >= 0.6 is 11.3 Å². The number of fused-ring (bicyclic) bond motifs is 1. The Morgan fingerprint density at radius 2 is 2.00 bits per heavy atom. The molecule has 2 heterocycles. The molecule has 2 aromatic rings. The molecule has 0 saturated heterocycles. The van der Waals surface area contributed by atoms with Gasteiger partial charge in [0.25, 0.3) is 5.56 Å². The van der Waals surface area contributed by atoms with Crippen molar-refractivity contribution in [2.75, 3.05) is 6.61 Å². The maximum absolute atomic E-state index is 12.6. The van der Waals surface area contributed by atoms with Crippen molar-refractivity contribution in [3.8, 4) is 0 Å². The van der Waals surface area contributed by atoms with Gasteiger partial charge in [0.15, 0.2) is 5.78 Å². The summed E-state index contributed by atoms with van der Waals surface area (Å²) in [6, 6.07) is -0.588. The van der Waals surface area contributed by atoms with E-state index in [4.69, 9.17) is 4.74 Å². The van der Waals surface area contributed by atoms with Crippen LogP contribution in [0.15, 0.2) is 11.1 Å². The maximum Gasteiger partial charge on any atom is 0.348 e. The summed E-state index contributed by atoms with van der Waals surface area (Å²) in [4.78, 5) is 41.4. The van der Waals surface area contributed by atoms with Gasteiger partial charge in [0, 0.05) is 0 Å². The molecule has 0 bridgehead atoms. The fourth-order valence-electron chi connectivity index (χ4n) is 2.11. The molecule has 0 aromatic carbocycles. The third-order valence-corrected chi connectivity index (χ3v) is 4.79. The molecule has 0 fully saturated rings. The molecule has 0 aliphatic carbocycles. The number of Topliss-reactive ketones (excluding diaryl/α,β-unsaturated/α-hetero) is 1. The topological polar surface area (TPSA) is 78.3 Å². The minimum Gasteiger partial charge on any atom is -0.461 e. The Balaban J connectivity index is 2.51. The fourth-order valence-corrected chi connectivity index (χ4v) is 3.14. The summed E-state index contributed by atoms with van der Waals surface area (Å²) in [6.45, 7) is 9.01. The highest BCUT2D eigenvalue weighted by Gasteiger charge is 2.22. The number of esters is 1. The zero-order valence-electron chi connectivity index (χ0n) is 13.9. The Morgan fingerprint density at radius 3 is 2.57 bits per heavy atom. The predicted octanol–water partition coefficient (Wildman–Crippen LogP) is 2.73. The van der Waals surface area contributed by atoms with E-state index in [0.29, 0.717) is 27.3 Å². The Morgan fingerprint density at radius 1 is 1.35 bits per heavy atom. The standard InChI is InChI=1S/C16H20N2O4S/c1-8(2)6-22-16(21)13-9(3)12-14(23-13)17-7-18(15(12)20)10(4)11(5)19/h7-8,10H,6H2,1-5H3. The van der Waals surface area contributed by atoms with Crippen molar-refractivity contribution in [2.45, 2.75) is 40.7 Å². The molecule has 0 radical (unpaired) electrons. The number of hydrogen-bond donors (Lipinski definition) is 0. The smallest absolute Gasteiger partial charge is 0.348 e. The van der Waals surface area contributed by atoms with E-state index in [0.717, 1.165) is 11.3 Å². The number of ether oxygens (including phenoxy) is 1. The number of thiophene rings is 1. The molecule has 0 N–H and O–H groups in total. The molecular weight excluding hydrogens is 316 g/mol. The summed E-state index contributed by atoms with van der Waals surface area (Å²) in [5, 5.41) is 0.377. The van der Waals surface area contributed by atoms with Crippen LogP contribution in [0.5, 0.6) is 0 Å². The minimum absolute atomic E-state index is 0.127. The van der Waals surface area contributed by atoms with Crippen molar-refractivity contribution in [1.29, 1.82) is 0 Å². The Kier molecular flexibility index (Phi) is 4.99. The van der Waals surface area contributed by atoms with Crippen LogP contribution in [-0.2, 0) is 9.53 Å². The average molecular weight is 336 g/mol. The van der Waals surface area contributed by atoms with Gasteiger partial charge in [-0.25, -0.2) is 9.78 Å². The summed E-state index contributed by atoms with van der Waals surface area (Å²) < 4.78 is 6.54. The molecule has 7 heteroatoms. The first-order valence-electron chi connectivity index (χ1n) is 7.41. The highest BCUT2D eigenvalue weighted by atomic mass is 32.1. The van der Waals surface area contributed by atoms with Gasteiger partial charge >= 0.3 is 5.97 Å². The third kappa shape index (κ3) is 3.34. The van der Waals surface area contributed by atoms with Gasteiger partial charge in [-0.3, -0.25) is 14.2 Å². The summed E-state index contributed by atoms with van der Waals surface area (Å²) in [5.74, 6) is -0.331. The number of ketones is 1. The van der Waals surface area contributed by atoms with Crippen LogP contribution in [0.4, 0.5) is 0 Å². The number of rotatable bonds is 5. The van der Waals surface area contributed by atoms with E-state index in [9.17, 15) is 14.4 Å². The lowest BCUT2D eigenvalue weighted by atomic mass is 10.2. The molecule has 0 spiro atoms. The van der Waals surface area contributed by atoms with Crippen LogP contribution < -0.4 is 5.56 Å². The summed E-state index contributed by atoms with van der Waals surface area (Å²) in [6.07, 6.45) is 1.36. The predicted molar refractivity (Wildman–Crippen MR) is 89.1 cm³/mol. The van der Waals surface area contributed by atoms with E-state index in [1.165, 1.54) is 17.8 Å². The molecule has 23 heavy (non-hydrogen) atoms. The Labute approximate surface area is 138 Å². The normalized spacial score (nSPS) is 12.6. The van der Waals surface area contributed by atoms with E-state index < -0.39 is 12.0 Å². The van der Waals surface area contributed by atoms with Crippen molar-refractivity contribution in [3.63, 3.8) is 0 Å². The first-order valence-corrected chi connectivity index (χ1v) is 8.23. The molecule has 0 aliphatic heterocycles. The van der Waals surface area contributed by atoms with Crippen molar-refractivity contribution in [1.82, 2.24) is 9.55 Å². The lowest BCUT2D eigenvalue weighted by Crippen LogP contribution is -2.27. The number of hydrogen-bond acceptors (Lipinski definition) is 6. The number of aromatic nitrogens is 2. The fraction of sp³-hybridized carbons (Fsp3) is 0.500. The van der Waals surface area contributed by atoms with E-state index in [1.54, 1.807) is 13.8 Å². The third-order valence-electron chi connectivity index (χ3n) is 3.61. The number of nitrogens with zero attached hydrogens (tertiary/aromatic N) is 2. The lowest BCUT2D eigenvalue weighted by molar-refractivity contribution is -0.119. The van der Waals surface area contributed by atoms with Crippen molar-refractivity contribution in [2.24, 2.45) is 5.92 Å². The van der Waals surface area contributed by atoms with Crippen LogP contribution in [0.1, 0.15) is 49.0 Å². The van der Waals surface area contributed by atoms with Crippen molar-refractivity contribution < 1.29 is 14.3 Å². The van der Waals surface area contributed by atoms with Gasteiger partial charge in [0.1, 0.15) is 9.71 Å². The van der Waals surface area contributed by atoms with Crippen LogP contribution in [0.2, 0.25) is 0 Å². The SMILES string of the molecule is CC(=O)C(C)n1cnc2sc(C(=O)OCC(C)C)c(C)c2c1=O. The van der Waals surface area contributed by atoms with Gasteiger partial charge in [-0.2, -0.15) is 0 Å². The number of carbonyl (C=O) groups is 2. The number of carbonyl (C=O) groups excluding carboxylic acids is 2. The average Bonchev–Trinajstić information content (AvgIpc) is 2.82. The van der Waals surface area contributed by atoms with E-state index >= 15 is 0 Å². The number of aryl methyl sites for hydroxylation is 1. The van der Waals surface area contributed by atoms with Gasteiger partial charge in [-0.1, -0.05) is 13.8 Å². The van der Waals surface area contributed by atoms with Gasteiger partial charge < -0.3 is 4.74 Å². The summed E-state index contributed by atoms with van der Waals surface area (Å²) >= 11 is 1.14. The van der Waals surface area contributed by atoms with Crippen molar-refractivity contribution >= 4 is 33.3 Å². The molecule has 0 saturated carbocycles. The first-order chi connectivity index (χ1) is 10.7. The Bertz CT molecular complexity index is 819. The summed E-state index contributed by atoms with van der Waals surface area (Å²) in [5.41, 5.74) is 0.246. The monoisotopic (exact) mass is 336 g/mol. The molecule has 2 rings (SSSR count). The zero-order chi connectivity index (χ0) is 17.3. The second kappa shape index (κ2) is 6.62. The van der Waals surface area contributed by atoms with Crippen LogP contribution in [0.3, 0.4) is 0 Å². The van der Waals surface area contributed by atoms with Gasteiger partial charge in [0.2, 0.25) is 0 Å².